The van der Waals surface area contributed by atoms with Crippen LogP contribution in [0.5, 0.6) is 0 Å². The monoisotopic (exact) mass is 323 g/mol. The van der Waals surface area contributed by atoms with Gasteiger partial charge in [-0.25, -0.2) is 4.39 Å². The van der Waals surface area contributed by atoms with Crippen molar-refractivity contribution < 1.29 is 4.39 Å². The van der Waals surface area contributed by atoms with E-state index in [0.717, 1.165) is 18.9 Å². The normalized spacial score (nSPS) is 10.4. The van der Waals surface area contributed by atoms with E-state index in [4.69, 9.17) is 0 Å². The third kappa shape index (κ3) is 4.04. The van der Waals surface area contributed by atoms with Crippen molar-refractivity contribution >= 4 is 17.5 Å². The second-order valence-electron chi connectivity index (χ2n) is 5.27. The molecule has 0 spiro atoms. The molecule has 0 saturated heterocycles. The van der Waals surface area contributed by atoms with Crippen molar-refractivity contribution in [3.8, 4) is 0 Å². The number of nitrogens with one attached hydrogen (secondary N) is 1. The summed E-state index contributed by atoms with van der Waals surface area (Å²) in [6.07, 6.45) is 1.64. The minimum absolute atomic E-state index is 0.284. The molecule has 1 N–H and O–H groups in total. The minimum Gasteiger partial charge on any atom is -0.351 e. The largest absolute Gasteiger partial charge is 0.351 e. The van der Waals surface area contributed by atoms with Crippen LogP contribution >= 0.6 is 0 Å². The summed E-state index contributed by atoms with van der Waals surface area (Å²) in [7, 11) is 0. The van der Waals surface area contributed by atoms with Crippen molar-refractivity contribution in [1.29, 1.82) is 0 Å². The number of benzene rings is 2. The summed E-state index contributed by atoms with van der Waals surface area (Å²) < 4.78 is 13.0. The van der Waals surface area contributed by atoms with E-state index in [0.29, 0.717) is 11.6 Å². The second-order valence-corrected chi connectivity index (χ2v) is 5.27. The number of anilines is 3. The lowest BCUT2D eigenvalue weighted by molar-refractivity contribution is 0.628. The third-order valence-electron chi connectivity index (χ3n) is 3.57. The Balaban J connectivity index is 1.76. The van der Waals surface area contributed by atoms with Crippen LogP contribution in [-0.4, -0.2) is 21.7 Å². The van der Waals surface area contributed by atoms with Crippen LogP contribution in [0.15, 0.2) is 60.8 Å². The van der Waals surface area contributed by atoms with Crippen LogP contribution in [0, 0.1) is 5.82 Å². The Hall–Kier alpha value is -3.02. The highest BCUT2D eigenvalue weighted by Gasteiger charge is 2.09. The fourth-order valence-electron chi connectivity index (χ4n) is 2.32. The maximum absolute atomic E-state index is 13.0. The zero-order valence-corrected chi connectivity index (χ0v) is 13.4. The molecule has 122 valence electrons. The average Bonchev–Trinajstić information content (AvgIpc) is 2.63. The molecule has 3 aromatic rings. The van der Waals surface area contributed by atoms with Gasteiger partial charge in [-0.2, -0.15) is 10.1 Å². The Morgan fingerprint density at radius 1 is 1.04 bits per heavy atom. The van der Waals surface area contributed by atoms with E-state index in [9.17, 15) is 4.39 Å². The topological polar surface area (TPSA) is 53.9 Å². The molecule has 0 aliphatic rings. The van der Waals surface area contributed by atoms with Gasteiger partial charge in [0.25, 0.3) is 0 Å². The number of aromatic nitrogens is 3. The lowest BCUT2D eigenvalue weighted by Crippen LogP contribution is -2.23. The Morgan fingerprint density at radius 3 is 2.50 bits per heavy atom. The lowest BCUT2D eigenvalue weighted by Gasteiger charge is -2.21. The van der Waals surface area contributed by atoms with Gasteiger partial charge in [0.2, 0.25) is 5.95 Å². The molecule has 0 radical (unpaired) electrons. The predicted molar refractivity (Wildman–Crippen MR) is 92.7 cm³/mol. The Bertz CT molecular complexity index is 777. The van der Waals surface area contributed by atoms with E-state index in [-0.39, 0.29) is 5.82 Å². The van der Waals surface area contributed by atoms with E-state index >= 15 is 0 Å². The molecule has 1 heterocycles. The van der Waals surface area contributed by atoms with Crippen LogP contribution in [0.1, 0.15) is 12.5 Å². The molecule has 0 bridgehead atoms. The van der Waals surface area contributed by atoms with Crippen molar-refractivity contribution in [1.82, 2.24) is 15.2 Å². The maximum atomic E-state index is 13.0. The summed E-state index contributed by atoms with van der Waals surface area (Å²) in [6.45, 7) is 3.60. The molecule has 3 rings (SSSR count). The van der Waals surface area contributed by atoms with Crippen molar-refractivity contribution in [2.75, 3.05) is 16.8 Å². The van der Waals surface area contributed by atoms with Gasteiger partial charge in [0, 0.05) is 18.8 Å². The van der Waals surface area contributed by atoms with E-state index in [1.165, 1.54) is 17.7 Å². The van der Waals surface area contributed by atoms with Gasteiger partial charge in [0.1, 0.15) is 5.82 Å². The summed E-state index contributed by atoms with van der Waals surface area (Å²) in [5.41, 5.74) is 1.91. The maximum Gasteiger partial charge on any atom is 0.249 e. The van der Waals surface area contributed by atoms with E-state index < -0.39 is 0 Å². The number of rotatable bonds is 6. The first-order valence-corrected chi connectivity index (χ1v) is 7.76. The van der Waals surface area contributed by atoms with Gasteiger partial charge < -0.3 is 10.2 Å². The Labute approximate surface area is 140 Å². The van der Waals surface area contributed by atoms with Gasteiger partial charge in [0.15, 0.2) is 5.82 Å². The molecule has 5 nitrogen and oxygen atoms in total. The van der Waals surface area contributed by atoms with Gasteiger partial charge in [-0.15, -0.1) is 5.10 Å². The molecule has 0 amide bonds. The van der Waals surface area contributed by atoms with Crippen LogP contribution in [-0.2, 0) is 6.54 Å². The molecule has 0 fully saturated rings. The molecule has 6 heteroatoms. The third-order valence-corrected chi connectivity index (χ3v) is 3.57. The standard InChI is InChI=1S/C18H18FN5/c1-2-24(13-14-6-4-3-5-7-14)17-12-20-23-18(22-17)21-16-10-8-15(19)9-11-16/h3-12H,2,13H2,1H3,(H,21,22,23). The molecule has 0 saturated carbocycles. The predicted octanol–water partition coefficient (Wildman–Crippen LogP) is 3.78. The first-order valence-electron chi connectivity index (χ1n) is 7.76. The van der Waals surface area contributed by atoms with Gasteiger partial charge in [-0.1, -0.05) is 30.3 Å². The highest BCUT2D eigenvalue weighted by molar-refractivity contribution is 5.54. The van der Waals surface area contributed by atoms with Crippen LogP contribution < -0.4 is 10.2 Å². The zero-order chi connectivity index (χ0) is 16.8. The number of halogens is 1. The van der Waals surface area contributed by atoms with E-state index in [2.05, 4.69) is 44.5 Å². The molecule has 0 aliphatic heterocycles. The van der Waals surface area contributed by atoms with E-state index in [1.807, 2.05) is 18.2 Å². The number of hydrogen-bond donors (Lipinski definition) is 1. The molecule has 24 heavy (non-hydrogen) atoms. The van der Waals surface area contributed by atoms with Crippen molar-refractivity contribution in [2.24, 2.45) is 0 Å². The van der Waals surface area contributed by atoms with Crippen LogP contribution in [0.25, 0.3) is 0 Å². The SMILES string of the molecule is CCN(Cc1ccccc1)c1cnnc(Nc2ccc(F)cc2)n1. The summed E-state index contributed by atoms with van der Waals surface area (Å²) >= 11 is 0. The fourth-order valence-corrected chi connectivity index (χ4v) is 2.32. The molecule has 0 aliphatic carbocycles. The van der Waals surface area contributed by atoms with Crippen molar-refractivity contribution in [3.63, 3.8) is 0 Å². The average molecular weight is 323 g/mol. The molecule has 1 aromatic heterocycles. The highest BCUT2D eigenvalue weighted by Crippen LogP contribution is 2.17. The van der Waals surface area contributed by atoms with Crippen LogP contribution in [0.2, 0.25) is 0 Å². The molecule has 0 atom stereocenters. The van der Waals surface area contributed by atoms with Crippen LogP contribution in [0.3, 0.4) is 0 Å². The van der Waals surface area contributed by atoms with Gasteiger partial charge in [0.05, 0.1) is 6.20 Å². The van der Waals surface area contributed by atoms with Gasteiger partial charge >= 0.3 is 0 Å². The Morgan fingerprint density at radius 2 is 1.79 bits per heavy atom. The fraction of sp³-hybridized carbons (Fsp3) is 0.167. The Kier molecular flexibility index (Phi) is 4.96. The first kappa shape index (κ1) is 15.9. The number of nitrogens with zero attached hydrogens (tertiary/aromatic N) is 4. The second kappa shape index (κ2) is 7.50. The molecular formula is C18H18FN5. The quantitative estimate of drug-likeness (QED) is 0.748. The smallest absolute Gasteiger partial charge is 0.249 e. The molecular weight excluding hydrogens is 305 g/mol. The minimum atomic E-state index is -0.284. The highest BCUT2D eigenvalue weighted by atomic mass is 19.1. The van der Waals surface area contributed by atoms with Crippen molar-refractivity contribution in [2.45, 2.75) is 13.5 Å². The lowest BCUT2D eigenvalue weighted by atomic mass is 10.2. The van der Waals surface area contributed by atoms with Crippen molar-refractivity contribution in [3.05, 3.63) is 72.2 Å². The number of hydrogen-bond acceptors (Lipinski definition) is 5. The van der Waals surface area contributed by atoms with E-state index in [1.54, 1.807) is 18.3 Å². The first-order chi connectivity index (χ1) is 11.7. The molecule has 0 unspecified atom stereocenters. The van der Waals surface area contributed by atoms with Crippen LogP contribution in [0.4, 0.5) is 21.8 Å². The van der Waals surface area contributed by atoms with Gasteiger partial charge in [-0.05, 0) is 36.8 Å². The summed E-state index contributed by atoms with van der Waals surface area (Å²) in [5.74, 6) is 0.833. The summed E-state index contributed by atoms with van der Waals surface area (Å²) in [6, 6.07) is 16.2. The summed E-state index contributed by atoms with van der Waals surface area (Å²) in [4.78, 5) is 6.62. The molecule has 2 aromatic carbocycles. The van der Waals surface area contributed by atoms with Gasteiger partial charge in [-0.3, -0.25) is 0 Å². The summed E-state index contributed by atoms with van der Waals surface area (Å²) in [5, 5.41) is 11.0. The zero-order valence-electron chi connectivity index (χ0n) is 13.4.